The lowest BCUT2D eigenvalue weighted by molar-refractivity contribution is -0.123. The lowest BCUT2D eigenvalue weighted by Crippen LogP contribution is -2.50. The molecule has 3 rings (SSSR count). The number of carbonyl (C=O) groups excluding carboxylic acids is 1. The van der Waals surface area contributed by atoms with Crippen molar-refractivity contribution in [1.82, 2.24) is 14.7 Å². The van der Waals surface area contributed by atoms with Crippen molar-refractivity contribution in [1.29, 1.82) is 0 Å². The molecule has 1 amide bonds. The molecule has 2 heterocycles. The second-order valence-corrected chi connectivity index (χ2v) is 8.34. The largest absolute Gasteiger partial charge is 0.497 e. The van der Waals surface area contributed by atoms with E-state index in [0.29, 0.717) is 6.42 Å². The normalized spacial score (nSPS) is 17.4. The molecule has 0 radical (unpaired) electrons. The van der Waals surface area contributed by atoms with E-state index in [1.165, 1.54) is 11.5 Å². The Hall–Kier alpha value is -2.15. The van der Waals surface area contributed by atoms with Crippen LogP contribution in [-0.4, -0.2) is 40.5 Å². The van der Waals surface area contributed by atoms with Crippen molar-refractivity contribution >= 4 is 22.6 Å². The van der Waals surface area contributed by atoms with Crippen molar-refractivity contribution in [2.45, 2.75) is 51.6 Å². The van der Waals surface area contributed by atoms with E-state index in [1.807, 2.05) is 45.0 Å². The third-order valence-electron chi connectivity index (χ3n) is 4.25. The summed E-state index contributed by atoms with van der Waals surface area (Å²) >= 11 is 1.37. The molecule has 1 aliphatic heterocycles. The van der Waals surface area contributed by atoms with Gasteiger partial charge in [-0.25, -0.2) is 4.98 Å². The van der Waals surface area contributed by atoms with Gasteiger partial charge in [0.25, 0.3) is 0 Å². The van der Waals surface area contributed by atoms with E-state index >= 15 is 0 Å². The van der Waals surface area contributed by atoms with Gasteiger partial charge in [0, 0.05) is 30.0 Å². The van der Waals surface area contributed by atoms with Crippen LogP contribution in [0.15, 0.2) is 24.3 Å². The summed E-state index contributed by atoms with van der Waals surface area (Å²) in [4.78, 5) is 19.4. The van der Waals surface area contributed by atoms with Crippen molar-refractivity contribution in [2.24, 2.45) is 0 Å². The van der Waals surface area contributed by atoms with Gasteiger partial charge < -0.3 is 15.0 Å². The van der Waals surface area contributed by atoms with E-state index in [-0.39, 0.29) is 17.5 Å². The number of carbonyl (C=O) groups is 1. The van der Waals surface area contributed by atoms with Crippen LogP contribution in [0.4, 0.5) is 5.13 Å². The monoisotopic (exact) mass is 374 g/mol. The maximum Gasteiger partial charge on any atom is 0.243 e. The summed E-state index contributed by atoms with van der Waals surface area (Å²) in [6, 6.07) is 7.77. The highest BCUT2D eigenvalue weighted by atomic mass is 32.1. The van der Waals surface area contributed by atoms with Gasteiger partial charge in [-0.3, -0.25) is 4.79 Å². The van der Waals surface area contributed by atoms with Crippen LogP contribution in [0, 0.1) is 0 Å². The Morgan fingerprint density at radius 2 is 2.23 bits per heavy atom. The van der Waals surface area contributed by atoms with E-state index in [2.05, 4.69) is 19.6 Å². The summed E-state index contributed by atoms with van der Waals surface area (Å²) in [5.41, 5.74) is 0.876. The molecular formula is C19H26N4O2S. The van der Waals surface area contributed by atoms with Gasteiger partial charge in [0.05, 0.1) is 7.11 Å². The lowest BCUT2D eigenvalue weighted by Gasteiger charge is -2.27. The van der Waals surface area contributed by atoms with Gasteiger partial charge in [-0.15, -0.1) is 0 Å². The van der Waals surface area contributed by atoms with E-state index in [9.17, 15) is 4.79 Å². The Labute approximate surface area is 158 Å². The van der Waals surface area contributed by atoms with Crippen LogP contribution in [0.3, 0.4) is 0 Å². The quantitative estimate of drug-likeness (QED) is 0.871. The minimum atomic E-state index is -0.232. The molecule has 0 spiro atoms. The average Bonchev–Trinajstić information content (AvgIpc) is 3.22. The van der Waals surface area contributed by atoms with E-state index in [0.717, 1.165) is 41.7 Å². The van der Waals surface area contributed by atoms with Crippen molar-refractivity contribution < 1.29 is 9.53 Å². The number of hydrogen-bond acceptors (Lipinski definition) is 6. The van der Waals surface area contributed by atoms with Gasteiger partial charge in [0.15, 0.2) is 0 Å². The molecule has 1 saturated heterocycles. The van der Waals surface area contributed by atoms with E-state index in [1.54, 1.807) is 7.11 Å². The number of aromatic nitrogens is 2. The molecule has 0 saturated carbocycles. The van der Waals surface area contributed by atoms with Crippen molar-refractivity contribution in [3.8, 4) is 5.75 Å². The molecule has 2 aromatic rings. The van der Waals surface area contributed by atoms with Crippen LogP contribution in [0.5, 0.6) is 5.75 Å². The molecule has 1 fully saturated rings. The summed E-state index contributed by atoms with van der Waals surface area (Å²) < 4.78 is 9.76. The number of nitrogens with zero attached hydrogens (tertiary/aromatic N) is 3. The summed E-state index contributed by atoms with van der Waals surface area (Å²) in [5.74, 6) is 1.68. The predicted octanol–water partition coefficient (Wildman–Crippen LogP) is 3.02. The van der Waals surface area contributed by atoms with Gasteiger partial charge >= 0.3 is 0 Å². The number of amides is 1. The summed E-state index contributed by atoms with van der Waals surface area (Å²) in [6.07, 6.45) is 2.50. The van der Waals surface area contributed by atoms with E-state index < -0.39 is 0 Å². The maximum absolute atomic E-state index is 12.6. The molecule has 140 valence electrons. The first kappa shape index (κ1) is 18.6. The van der Waals surface area contributed by atoms with Gasteiger partial charge in [-0.2, -0.15) is 4.37 Å². The fourth-order valence-corrected chi connectivity index (χ4v) is 3.88. The Morgan fingerprint density at radius 1 is 1.42 bits per heavy atom. The number of ether oxygens (including phenoxy) is 1. The first-order valence-corrected chi connectivity index (χ1v) is 9.67. The minimum absolute atomic E-state index is 0.0690. The Morgan fingerprint density at radius 3 is 2.96 bits per heavy atom. The molecule has 1 aromatic heterocycles. The van der Waals surface area contributed by atoms with Crippen LogP contribution in [0.25, 0.3) is 0 Å². The molecule has 0 aliphatic carbocycles. The topological polar surface area (TPSA) is 67.3 Å². The molecule has 1 atom stereocenters. The number of benzene rings is 1. The highest BCUT2D eigenvalue weighted by molar-refractivity contribution is 7.09. The van der Waals surface area contributed by atoms with Gasteiger partial charge in [-0.05, 0) is 51.3 Å². The van der Waals surface area contributed by atoms with Crippen molar-refractivity contribution in [3.05, 3.63) is 35.7 Å². The summed E-state index contributed by atoms with van der Waals surface area (Å²) in [5, 5.41) is 3.91. The first-order chi connectivity index (χ1) is 12.4. The molecule has 26 heavy (non-hydrogen) atoms. The Balaban J connectivity index is 1.71. The number of hydrogen-bond donors (Lipinski definition) is 1. The second-order valence-electron chi connectivity index (χ2n) is 7.61. The molecule has 1 N–H and O–H groups in total. The number of nitrogens with one attached hydrogen (secondary N) is 1. The fourth-order valence-electron chi connectivity index (χ4n) is 3.12. The molecule has 7 heteroatoms. The summed E-state index contributed by atoms with van der Waals surface area (Å²) in [6.45, 7) is 6.85. The zero-order valence-corrected chi connectivity index (χ0v) is 16.6. The third-order valence-corrected chi connectivity index (χ3v) is 5.04. The third kappa shape index (κ3) is 4.52. The van der Waals surface area contributed by atoms with Gasteiger partial charge in [0.2, 0.25) is 11.0 Å². The first-order valence-electron chi connectivity index (χ1n) is 8.90. The van der Waals surface area contributed by atoms with Crippen LogP contribution < -0.4 is 15.0 Å². The zero-order chi connectivity index (χ0) is 18.7. The van der Waals surface area contributed by atoms with Crippen LogP contribution >= 0.6 is 11.5 Å². The van der Waals surface area contributed by atoms with Crippen LogP contribution in [0.2, 0.25) is 0 Å². The van der Waals surface area contributed by atoms with Gasteiger partial charge in [0.1, 0.15) is 17.6 Å². The van der Waals surface area contributed by atoms with Crippen molar-refractivity contribution in [2.75, 3.05) is 18.6 Å². The zero-order valence-electron chi connectivity index (χ0n) is 15.8. The SMILES string of the molecule is COc1cccc(Cc2nsc(N3CCC[C@H]3C(=O)NC(C)(C)C)n2)c1. The highest BCUT2D eigenvalue weighted by Gasteiger charge is 2.34. The molecule has 0 bridgehead atoms. The summed E-state index contributed by atoms with van der Waals surface area (Å²) in [7, 11) is 1.66. The van der Waals surface area contributed by atoms with Gasteiger partial charge in [-0.1, -0.05) is 12.1 Å². The highest BCUT2D eigenvalue weighted by Crippen LogP contribution is 2.28. The molecule has 6 nitrogen and oxygen atoms in total. The Kier molecular flexibility index (Phi) is 5.46. The minimum Gasteiger partial charge on any atom is -0.497 e. The lowest BCUT2D eigenvalue weighted by atomic mass is 10.1. The number of rotatable bonds is 5. The molecule has 1 aliphatic rings. The average molecular weight is 375 g/mol. The van der Waals surface area contributed by atoms with Crippen LogP contribution in [0.1, 0.15) is 45.0 Å². The standard InChI is InChI=1S/C19H26N4O2S/c1-19(2,3)21-17(24)15-9-6-10-23(15)18-20-16(22-26-18)12-13-7-5-8-14(11-13)25-4/h5,7-8,11,15H,6,9-10,12H2,1-4H3,(H,21,24)/t15-/m0/s1. The fraction of sp³-hybridized carbons (Fsp3) is 0.526. The van der Waals surface area contributed by atoms with Crippen LogP contribution in [-0.2, 0) is 11.2 Å². The van der Waals surface area contributed by atoms with Crippen molar-refractivity contribution in [3.63, 3.8) is 0 Å². The Bertz CT molecular complexity index is 769. The second kappa shape index (κ2) is 7.61. The molecule has 0 unspecified atom stereocenters. The number of methoxy groups -OCH3 is 1. The molecule has 1 aromatic carbocycles. The predicted molar refractivity (Wildman–Crippen MR) is 104 cm³/mol. The maximum atomic E-state index is 12.6. The molecular weight excluding hydrogens is 348 g/mol. The smallest absolute Gasteiger partial charge is 0.243 e. The van der Waals surface area contributed by atoms with E-state index in [4.69, 9.17) is 4.74 Å². The number of anilines is 1.